The van der Waals surface area contributed by atoms with Gasteiger partial charge in [0.1, 0.15) is 6.04 Å². The molecule has 21 heavy (non-hydrogen) atoms. The molecule has 114 valence electrons. The van der Waals surface area contributed by atoms with E-state index in [0.717, 1.165) is 5.56 Å². The van der Waals surface area contributed by atoms with Crippen LogP contribution in [-0.4, -0.2) is 51.1 Å². The fourth-order valence-corrected chi connectivity index (χ4v) is 2.67. The zero-order valence-electron chi connectivity index (χ0n) is 12.6. The molecule has 1 aliphatic rings. The standard InChI is InChI=1S/C14H21N5O2/c1-14(2,3)11(12(15)20)19-7-6-18(13(19)21)9-10-4-5-16-17-8-10/h4-5,8,11H,6-7,9H2,1-3H3,(H2,15,20). The van der Waals surface area contributed by atoms with Gasteiger partial charge < -0.3 is 15.5 Å². The van der Waals surface area contributed by atoms with E-state index in [0.29, 0.717) is 19.6 Å². The Kier molecular flexibility index (Phi) is 4.11. The highest BCUT2D eigenvalue weighted by Crippen LogP contribution is 2.27. The van der Waals surface area contributed by atoms with E-state index in [1.165, 1.54) is 0 Å². The summed E-state index contributed by atoms with van der Waals surface area (Å²) in [5.41, 5.74) is 6.01. The first-order valence-electron chi connectivity index (χ1n) is 6.91. The molecule has 2 heterocycles. The number of hydrogen-bond acceptors (Lipinski definition) is 4. The summed E-state index contributed by atoms with van der Waals surface area (Å²) >= 11 is 0. The van der Waals surface area contributed by atoms with E-state index in [2.05, 4.69) is 10.2 Å². The maximum Gasteiger partial charge on any atom is 0.321 e. The third kappa shape index (κ3) is 3.29. The Morgan fingerprint density at radius 1 is 1.38 bits per heavy atom. The Morgan fingerprint density at radius 2 is 2.10 bits per heavy atom. The lowest BCUT2D eigenvalue weighted by Gasteiger charge is -2.35. The first-order valence-corrected chi connectivity index (χ1v) is 6.91. The van der Waals surface area contributed by atoms with Gasteiger partial charge in [0.2, 0.25) is 5.91 Å². The second-order valence-electron chi connectivity index (χ2n) is 6.32. The molecule has 0 radical (unpaired) electrons. The van der Waals surface area contributed by atoms with E-state index in [1.807, 2.05) is 26.8 Å². The lowest BCUT2D eigenvalue weighted by Crippen LogP contribution is -2.53. The van der Waals surface area contributed by atoms with Crippen molar-refractivity contribution in [1.82, 2.24) is 20.0 Å². The van der Waals surface area contributed by atoms with Crippen molar-refractivity contribution >= 4 is 11.9 Å². The summed E-state index contributed by atoms with van der Waals surface area (Å²) in [5, 5.41) is 7.51. The van der Waals surface area contributed by atoms with Crippen LogP contribution in [0.25, 0.3) is 0 Å². The van der Waals surface area contributed by atoms with Crippen LogP contribution in [-0.2, 0) is 11.3 Å². The highest BCUT2D eigenvalue weighted by atomic mass is 16.2. The van der Waals surface area contributed by atoms with Crippen LogP contribution in [0.15, 0.2) is 18.5 Å². The summed E-state index contributed by atoms with van der Waals surface area (Å²) in [7, 11) is 0. The third-order valence-electron chi connectivity index (χ3n) is 3.55. The summed E-state index contributed by atoms with van der Waals surface area (Å²) in [6, 6.07) is 1.05. The summed E-state index contributed by atoms with van der Waals surface area (Å²) in [6.45, 7) is 7.26. The van der Waals surface area contributed by atoms with Gasteiger partial charge in [-0.3, -0.25) is 4.79 Å². The van der Waals surface area contributed by atoms with Gasteiger partial charge in [-0.2, -0.15) is 10.2 Å². The van der Waals surface area contributed by atoms with Crippen molar-refractivity contribution in [2.45, 2.75) is 33.4 Å². The Morgan fingerprint density at radius 3 is 2.62 bits per heavy atom. The molecule has 1 aromatic rings. The number of aromatic nitrogens is 2. The molecule has 1 unspecified atom stereocenters. The summed E-state index contributed by atoms with van der Waals surface area (Å²) in [4.78, 5) is 27.5. The van der Waals surface area contributed by atoms with Gasteiger partial charge in [-0.1, -0.05) is 20.8 Å². The molecule has 3 amide bonds. The molecule has 1 aromatic heterocycles. The maximum atomic E-state index is 12.5. The van der Waals surface area contributed by atoms with E-state index < -0.39 is 17.4 Å². The van der Waals surface area contributed by atoms with E-state index >= 15 is 0 Å². The van der Waals surface area contributed by atoms with E-state index in [1.54, 1.807) is 22.2 Å². The number of hydrogen-bond donors (Lipinski definition) is 1. The largest absolute Gasteiger partial charge is 0.368 e. The lowest BCUT2D eigenvalue weighted by molar-refractivity contribution is -0.125. The molecule has 0 spiro atoms. The summed E-state index contributed by atoms with van der Waals surface area (Å²) in [5.74, 6) is -0.469. The van der Waals surface area contributed by atoms with Crippen LogP contribution in [0.4, 0.5) is 4.79 Å². The molecular weight excluding hydrogens is 270 g/mol. The maximum absolute atomic E-state index is 12.5. The fraction of sp³-hybridized carbons (Fsp3) is 0.571. The van der Waals surface area contributed by atoms with Gasteiger partial charge in [0.25, 0.3) is 0 Å². The van der Waals surface area contributed by atoms with Gasteiger partial charge in [-0.05, 0) is 17.0 Å². The van der Waals surface area contributed by atoms with Gasteiger partial charge in [0.15, 0.2) is 0 Å². The first kappa shape index (κ1) is 15.2. The molecule has 1 fully saturated rings. The molecule has 0 bridgehead atoms. The molecule has 2 rings (SSSR count). The Bertz CT molecular complexity index is 526. The first-order chi connectivity index (χ1) is 9.80. The number of amides is 3. The Balaban J connectivity index is 2.12. The summed E-state index contributed by atoms with van der Waals surface area (Å²) < 4.78 is 0. The average Bonchev–Trinajstić information content (AvgIpc) is 2.71. The van der Waals surface area contributed by atoms with E-state index in [4.69, 9.17) is 5.73 Å². The average molecular weight is 291 g/mol. The molecule has 0 aromatic carbocycles. The Hall–Kier alpha value is -2.18. The van der Waals surface area contributed by atoms with Gasteiger partial charge in [0.05, 0.1) is 6.20 Å². The molecule has 2 N–H and O–H groups in total. The topological polar surface area (TPSA) is 92.4 Å². The van der Waals surface area contributed by atoms with Crippen LogP contribution in [0.1, 0.15) is 26.3 Å². The number of carbonyl (C=O) groups is 2. The highest BCUT2D eigenvalue weighted by Gasteiger charge is 2.42. The number of urea groups is 1. The smallest absolute Gasteiger partial charge is 0.321 e. The second-order valence-corrected chi connectivity index (χ2v) is 6.32. The zero-order valence-corrected chi connectivity index (χ0v) is 12.6. The van der Waals surface area contributed by atoms with Gasteiger partial charge in [-0.15, -0.1) is 0 Å². The number of nitrogens with two attached hydrogens (primary N) is 1. The van der Waals surface area contributed by atoms with Crippen LogP contribution in [0, 0.1) is 5.41 Å². The SMILES string of the molecule is CC(C)(C)C(C(N)=O)N1CCN(Cc2ccnnc2)C1=O. The van der Waals surface area contributed by atoms with Gasteiger partial charge >= 0.3 is 6.03 Å². The van der Waals surface area contributed by atoms with Crippen LogP contribution >= 0.6 is 0 Å². The molecular formula is C14H21N5O2. The molecule has 1 atom stereocenters. The van der Waals surface area contributed by atoms with Crippen molar-refractivity contribution in [3.63, 3.8) is 0 Å². The predicted molar refractivity (Wildman–Crippen MR) is 77.0 cm³/mol. The monoisotopic (exact) mass is 291 g/mol. The second kappa shape index (κ2) is 5.67. The van der Waals surface area contributed by atoms with Crippen LogP contribution in [0.5, 0.6) is 0 Å². The van der Waals surface area contributed by atoms with Crippen molar-refractivity contribution in [2.24, 2.45) is 11.1 Å². The molecule has 7 heteroatoms. The van der Waals surface area contributed by atoms with Crippen LogP contribution < -0.4 is 5.73 Å². The third-order valence-corrected chi connectivity index (χ3v) is 3.55. The minimum atomic E-state index is -0.606. The van der Waals surface area contributed by atoms with Gasteiger partial charge in [-0.25, -0.2) is 4.79 Å². The van der Waals surface area contributed by atoms with Crippen molar-refractivity contribution in [1.29, 1.82) is 0 Å². The molecule has 1 aliphatic heterocycles. The predicted octanol–water partition coefficient (Wildman–Crippen LogP) is 0.614. The molecule has 7 nitrogen and oxygen atoms in total. The molecule has 0 saturated carbocycles. The number of rotatable bonds is 4. The summed E-state index contributed by atoms with van der Waals surface area (Å²) in [6.07, 6.45) is 3.22. The van der Waals surface area contributed by atoms with Crippen molar-refractivity contribution in [3.05, 3.63) is 24.0 Å². The van der Waals surface area contributed by atoms with E-state index in [9.17, 15) is 9.59 Å². The minimum Gasteiger partial charge on any atom is -0.368 e. The van der Waals surface area contributed by atoms with Gasteiger partial charge in [0, 0.05) is 25.8 Å². The Labute approximate surface area is 124 Å². The number of carbonyl (C=O) groups excluding carboxylic acids is 2. The van der Waals surface area contributed by atoms with Crippen molar-refractivity contribution in [3.8, 4) is 0 Å². The van der Waals surface area contributed by atoms with Crippen molar-refractivity contribution in [2.75, 3.05) is 13.1 Å². The number of nitrogens with zero attached hydrogens (tertiary/aromatic N) is 4. The minimum absolute atomic E-state index is 0.162. The van der Waals surface area contributed by atoms with Crippen LogP contribution in [0.3, 0.4) is 0 Å². The molecule has 0 aliphatic carbocycles. The van der Waals surface area contributed by atoms with Crippen molar-refractivity contribution < 1.29 is 9.59 Å². The van der Waals surface area contributed by atoms with Crippen LogP contribution in [0.2, 0.25) is 0 Å². The molecule has 1 saturated heterocycles. The lowest BCUT2D eigenvalue weighted by atomic mass is 9.85. The quantitative estimate of drug-likeness (QED) is 0.880. The zero-order chi connectivity index (χ0) is 15.6. The van der Waals surface area contributed by atoms with E-state index in [-0.39, 0.29) is 6.03 Å². The fourth-order valence-electron chi connectivity index (χ4n) is 2.67. The normalized spacial score (nSPS) is 17.2. The number of primary amides is 1. The highest BCUT2D eigenvalue weighted by molar-refractivity contribution is 5.87.